The lowest BCUT2D eigenvalue weighted by molar-refractivity contribution is -0.181. The molecule has 10 nitrogen and oxygen atoms in total. The fraction of sp³-hybridized carbons (Fsp3) is 0.607. The number of amides is 1. The van der Waals surface area contributed by atoms with E-state index in [9.17, 15) is 34.2 Å². The number of phenols is 1. The second-order valence-electron chi connectivity index (χ2n) is 11.2. The lowest BCUT2D eigenvalue weighted by atomic mass is 9.52. The minimum absolute atomic E-state index is 0.00841. The number of primary amides is 1. The van der Waals surface area contributed by atoms with E-state index in [1.807, 2.05) is 11.8 Å². The second kappa shape index (κ2) is 10.5. The number of likely N-dealkylation sites (N-methyl/N-ethyl adjacent to an activating group) is 1. The van der Waals surface area contributed by atoms with Gasteiger partial charge in [0.15, 0.2) is 34.7 Å². The van der Waals surface area contributed by atoms with Crippen molar-refractivity contribution in [3.05, 3.63) is 28.6 Å². The molecule has 0 heterocycles. The number of unbranched alkanes of at least 4 members (excludes halogenated alkanes) is 1. The maximum absolute atomic E-state index is 15.9. The van der Waals surface area contributed by atoms with Crippen molar-refractivity contribution in [2.45, 2.75) is 57.7 Å². The molecular weight excluding hydrogens is 509 g/mol. The number of aliphatic hydroxyl groups is 1. The summed E-state index contributed by atoms with van der Waals surface area (Å²) >= 11 is 0. The van der Waals surface area contributed by atoms with E-state index in [-0.39, 0.29) is 36.1 Å². The summed E-state index contributed by atoms with van der Waals surface area (Å²) in [6, 6.07) is -0.00518. The molecule has 6 atom stereocenters. The summed E-state index contributed by atoms with van der Waals surface area (Å²) < 4.78 is 15.9. The van der Waals surface area contributed by atoms with Gasteiger partial charge >= 0.3 is 0 Å². The zero-order chi connectivity index (χ0) is 29.0. The third kappa shape index (κ3) is 4.40. The summed E-state index contributed by atoms with van der Waals surface area (Å²) in [5, 5.41) is 22.4. The van der Waals surface area contributed by atoms with Crippen molar-refractivity contribution >= 4 is 29.0 Å². The Kier molecular flexibility index (Phi) is 7.81. The SMILES string of the molecule is CCCCN(CC)Cc1cc(O)c2c(c1F)C[C@H]1C[C@H]3[C@H](N(C)C)C(=O)C(C(N)=O)C(=O)[C@@]3(O)C(=O)C1C2=O. The van der Waals surface area contributed by atoms with Crippen LogP contribution in [0.15, 0.2) is 6.07 Å². The molecule has 0 saturated heterocycles. The minimum atomic E-state index is -2.80. The summed E-state index contributed by atoms with van der Waals surface area (Å²) in [4.78, 5) is 69.3. The number of fused-ring (bicyclic) bond motifs is 3. The first-order valence-electron chi connectivity index (χ1n) is 13.4. The third-order valence-electron chi connectivity index (χ3n) is 8.74. The second-order valence-corrected chi connectivity index (χ2v) is 11.2. The number of hydrogen-bond donors (Lipinski definition) is 3. The van der Waals surface area contributed by atoms with Gasteiger partial charge in [-0.05, 0) is 58.4 Å². The zero-order valence-corrected chi connectivity index (χ0v) is 22.7. The van der Waals surface area contributed by atoms with E-state index in [1.165, 1.54) is 25.1 Å². The molecule has 1 aromatic carbocycles. The number of rotatable bonds is 8. The number of Topliss-reactive ketones (excluding diaryl/α,β-unsaturated/α-hetero) is 4. The van der Waals surface area contributed by atoms with Crippen molar-refractivity contribution in [2.75, 3.05) is 27.2 Å². The average molecular weight is 546 g/mol. The van der Waals surface area contributed by atoms with E-state index < -0.39 is 75.9 Å². The number of halogens is 1. The van der Waals surface area contributed by atoms with Crippen LogP contribution < -0.4 is 5.73 Å². The predicted molar refractivity (Wildman–Crippen MR) is 137 cm³/mol. The standard InChI is InChI=1S/C28H36FN3O7/c1-5-7-8-32(6-2)12-14-11-17(33)19-15(21(14)29)9-13-10-16-22(31(3)4)24(35)20(27(30)38)26(37)28(16,39)25(36)18(13)23(19)34/h11,13,16,18,20,22,33,39H,5-10,12H2,1-4H3,(H2,30,38)/t13-,16-,18?,20?,22-,28-/m0/s1. The lowest BCUT2D eigenvalue weighted by Crippen LogP contribution is -2.74. The first kappa shape index (κ1) is 29.0. The Morgan fingerprint density at radius 1 is 1.18 bits per heavy atom. The Morgan fingerprint density at radius 3 is 2.41 bits per heavy atom. The number of aromatic hydroxyl groups is 1. The van der Waals surface area contributed by atoms with E-state index in [0.717, 1.165) is 19.4 Å². The molecule has 0 bridgehead atoms. The summed E-state index contributed by atoms with van der Waals surface area (Å²) in [5.74, 6) is -12.2. The molecule has 11 heteroatoms. The minimum Gasteiger partial charge on any atom is -0.507 e. The van der Waals surface area contributed by atoms with Crippen molar-refractivity contribution in [3.8, 4) is 5.75 Å². The van der Waals surface area contributed by atoms with Crippen LogP contribution in [0.2, 0.25) is 0 Å². The van der Waals surface area contributed by atoms with Gasteiger partial charge in [0.05, 0.1) is 17.5 Å². The topological polar surface area (TPSA) is 158 Å². The molecule has 2 unspecified atom stereocenters. The Balaban J connectivity index is 1.78. The van der Waals surface area contributed by atoms with Crippen LogP contribution in [0, 0.1) is 29.5 Å². The molecule has 39 heavy (non-hydrogen) atoms. The van der Waals surface area contributed by atoms with E-state index in [1.54, 1.807) is 0 Å². The Hall–Kier alpha value is -3.02. The number of nitrogens with two attached hydrogens (primary N) is 1. The van der Waals surface area contributed by atoms with Gasteiger partial charge in [-0.1, -0.05) is 20.3 Å². The van der Waals surface area contributed by atoms with Crippen molar-refractivity contribution in [1.29, 1.82) is 0 Å². The Morgan fingerprint density at radius 2 is 1.85 bits per heavy atom. The molecule has 2 saturated carbocycles. The molecule has 0 aliphatic heterocycles. The molecule has 1 amide bonds. The molecule has 3 aliphatic carbocycles. The lowest BCUT2D eigenvalue weighted by Gasteiger charge is -2.52. The zero-order valence-electron chi connectivity index (χ0n) is 22.7. The molecule has 2 fully saturated rings. The molecule has 0 aromatic heterocycles. The van der Waals surface area contributed by atoms with Gasteiger partial charge < -0.3 is 15.9 Å². The quantitative estimate of drug-likeness (QED) is 0.398. The fourth-order valence-corrected chi connectivity index (χ4v) is 6.79. The maximum atomic E-state index is 15.9. The number of nitrogens with zero attached hydrogens (tertiary/aromatic N) is 2. The molecule has 0 radical (unpaired) electrons. The van der Waals surface area contributed by atoms with Crippen LogP contribution in [0.3, 0.4) is 0 Å². The Bertz CT molecular complexity index is 1250. The summed E-state index contributed by atoms with van der Waals surface area (Å²) in [6.07, 6.45) is 1.67. The number of phenolic OH excluding ortho intramolecular Hbond substituents is 1. The van der Waals surface area contributed by atoms with Gasteiger partial charge in [-0.25, -0.2) is 4.39 Å². The van der Waals surface area contributed by atoms with Crippen LogP contribution in [0.1, 0.15) is 54.6 Å². The van der Waals surface area contributed by atoms with Crippen molar-refractivity contribution in [3.63, 3.8) is 0 Å². The molecule has 1 aromatic rings. The number of benzene rings is 1. The molecule has 212 valence electrons. The van der Waals surface area contributed by atoms with E-state index >= 15 is 4.39 Å². The van der Waals surface area contributed by atoms with Gasteiger partial charge in [-0.15, -0.1) is 0 Å². The molecular formula is C28H36FN3O7. The highest BCUT2D eigenvalue weighted by atomic mass is 19.1. The van der Waals surface area contributed by atoms with Gasteiger partial charge in [0.1, 0.15) is 11.6 Å². The number of hydrogen-bond acceptors (Lipinski definition) is 9. The van der Waals surface area contributed by atoms with Gasteiger partial charge in [-0.2, -0.15) is 0 Å². The molecule has 4 rings (SSSR count). The van der Waals surface area contributed by atoms with Crippen molar-refractivity contribution < 1.29 is 38.6 Å². The molecule has 4 N–H and O–H groups in total. The monoisotopic (exact) mass is 545 g/mol. The molecule has 0 spiro atoms. The summed E-state index contributed by atoms with van der Waals surface area (Å²) in [6.45, 7) is 5.63. The van der Waals surface area contributed by atoms with E-state index in [0.29, 0.717) is 6.54 Å². The van der Waals surface area contributed by atoms with Gasteiger partial charge in [0.25, 0.3) is 0 Å². The number of ketones is 4. The Labute approximate surface area is 226 Å². The third-order valence-corrected chi connectivity index (χ3v) is 8.74. The van der Waals surface area contributed by atoms with Crippen molar-refractivity contribution in [1.82, 2.24) is 9.80 Å². The number of carbonyl (C=O) groups is 5. The van der Waals surface area contributed by atoms with E-state index in [4.69, 9.17) is 5.73 Å². The highest BCUT2D eigenvalue weighted by molar-refractivity contribution is 6.32. The van der Waals surface area contributed by atoms with E-state index in [2.05, 4.69) is 6.92 Å². The summed E-state index contributed by atoms with van der Waals surface area (Å²) in [5.41, 5.74) is 2.40. The first-order chi connectivity index (χ1) is 18.3. The molecule has 3 aliphatic rings. The van der Waals surface area contributed by atoms with Crippen LogP contribution in [-0.2, 0) is 32.1 Å². The number of carbonyl (C=O) groups excluding carboxylic acids is 5. The first-order valence-corrected chi connectivity index (χ1v) is 13.4. The van der Waals surface area contributed by atoms with Crippen molar-refractivity contribution in [2.24, 2.45) is 29.4 Å². The average Bonchev–Trinajstić information content (AvgIpc) is 2.86. The highest BCUT2D eigenvalue weighted by Gasteiger charge is 2.69. The van der Waals surface area contributed by atoms with Crippen LogP contribution in [-0.4, -0.2) is 87.9 Å². The largest absolute Gasteiger partial charge is 0.507 e. The van der Waals surface area contributed by atoms with Crippen LogP contribution in [0.5, 0.6) is 5.75 Å². The van der Waals surface area contributed by atoms with Gasteiger partial charge in [-0.3, -0.25) is 33.8 Å². The fourth-order valence-electron chi connectivity index (χ4n) is 6.79. The highest BCUT2D eigenvalue weighted by Crippen LogP contribution is 2.51. The van der Waals surface area contributed by atoms with Gasteiger partial charge in [0.2, 0.25) is 5.91 Å². The summed E-state index contributed by atoms with van der Waals surface area (Å²) in [7, 11) is 3.02. The van der Waals surface area contributed by atoms with Crippen LogP contribution >= 0.6 is 0 Å². The van der Waals surface area contributed by atoms with Crippen LogP contribution in [0.4, 0.5) is 4.39 Å². The normalized spacial score (nSPS) is 30.4. The van der Waals surface area contributed by atoms with Crippen LogP contribution in [0.25, 0.3) is 0 Å². The smallest absolute Gasteiger partial charge is 0.235 e. The predicted octanol–water partition coefficient (Wildman–Crippen LogP) is 0.628. The maximum Gasteiger partial charge on any atom is 0.235 e. The van der Waals surface area contributed by atoms with Gasteiger partial charge in [0, 0.05) is 23.6 Å².